The summed E-state index contributed by atoms with van der Waals surface area (Å²) in [4.78, 5) is 22.4. The lowest BCUT2D eigenvalue weighted by atomic mass is 10.2. The number of benzene rings is 1. The summed E-state index contributed by atoms with van der Waals surface area (Å²) in [6.45, 7) is 5.22. The Balaban J connectivity index is 2.20. The van der Waals surface area contributed by atoms with Crippen LogP contribution in [0.4, 0.5) is 24.8 Å². The molecule has 0 saturated heterocycles. The highest BCUT2D eigenvalue weighted by Gasteiger charge is 2.30. The number of hydrogen-bond donors (Lipinski definition) is 1. The second kappa shape index (κ2) is 7.29. The van der Waals surface area contributed by atoms with Gasteiger partial charge < -0.3 is 10.2 Å². The van der Waals surface area contributed by atoms with Gasteiger partial charge in [-0.1, -0.05) is 6.07 Å². The van der Waals surface area contributed by atoms with Crippen LogP contribution in [0, 0.1) is 0 Å². The molecule has 5 nitrogen and oxygen atoms in total. The summed E-state index contributed by atoms with van der Waals surface area (Å²) >= 11 is 0. The third-order valence-corrected chi connectivity index (χ3v) is 3.37. The smallest absolute Gasteiger partial charge is 0.341 e. The molecule has 8 heteroatoms. The van der Waals surface area contributed by atoms with Crippen molar-refractivity contribution in [2.75, 3.05) is 23.3 Å². The quantitative estimate of drug-likeness (QED) is 0.905. The third kappa shape index (κ3) is 4.21. The normalized spacial score (nSPS) is 11.2. The number of alkyl halides is 3. The van der Waals surface area contributed by atoms with Crippen LogP contribution in [0.3, 0.4) is 0 Å². The van der Waals surface area contributed by atoms with Crippen LogP contribution in [-0.4, -0.2) is 29.0 Å². The fraction of sp³-hybridized carbons (Fsp3) is 0.312. The summed E-state index contributed by atoms with van der Waals surface area (Å²) in [6.07, 6.45) is -3.02. The van der Waals surface area contributed by atoms with E-state index in [-0.39, 0.29) is 11.4 Å². The van der Waals surface area contributed by atoms with Crippen molar-refractivity contribution >= 4 is 17.5 Å². The molecule has 0 atom stereocenters. The number of anilines is 2. The number of nitrogens with zero attached hydrogens (tertiary/aromatic N) is 3. The maximum atomic E-state index is 12.7. The molecule has 0 spiro atoms. The number of aromatic nitrogens is 2. The van der Waals surface area contributed by atoms with E-state index in [2.05, 4.69) is 15.3 Å². The minimum absolute atomic E-state index is 0.0535. The Kier molecular flexibility index (Phi) is 5.38. The lowest BCUT2D eigenvalue weighted by Crippen LogP contribution is -2.25. The molecule has 0 bridgehead atoms. The number of amides is 1. The second-order valence-electron chi connectivity index (χ2n) is 4.95. The number of carbonyl (C=O) groups excluding carboxylic acids is 1. The first-order chi connectivity index (χ1) is 11.3. The van der Waals surface area contributed by atoms with Crippen LogP contribution >= 0.6 is 0 Å². The Hall–Kier alpha value is -2.64. The van der Waals surface area contributed by atoms with Crippen molar-refractivity contribution in [1.82, 2.24) is 9.97 Å². The van der Waals surface area contributed by atoms with Gasteiger partial charge in [0.05, 0.1) is 5.56 Å². The maximum absolute atomic E-state index is 12.7. The van der Waals surface area contributed by atoms with Gasteiger partial charge in [0, 0.05) is 25.0 Å². The molecule has 0 saturated carbocycles. The molecule has 1 heterocycles. The van der Waals surface area contributed by atoms with E-state index < -0.39 is 17.6 Å². The number of rotatable bonds is 5. The van der Waals surface area contributed by atoms with Crippen LogP contribution in [0.5, 0.6) is 0 Å². The average Bonchev–Trinajstić information content (AvgIpc) is 2.56. The van der Waals surface area contributed by atoms with Gasteiger partial charge in [0.1, 0.15) is 5.69 Å². The Morgan fingerprint density at radius 1 is 1.21 bits per heavy atom. The zero-order valence-corrected chi connectivity index (χ0v) is 13.3. The zero-order chi connectivity index (χ0) is 17.7. The maximum Gasteiger partial charge on any atom is 0.416 e. The molecular formula is C16H17F3N4O. The van der Waals surface area contributed by atoms with Gasteiger partial charge in [0.2, 0.25) is 5.95 Å². The molecule has 2 aromatic rings. The van der Waals surface area contributed by atoms with Crippen LogP contribution in [-0.2, 0) is 6.18 Å². The van der Waals surface area contributed by atoms with Crippen molar-refractivity contribution in [1.29, 1.82) is 0 Å². The second-order valence-corrected chi connectivity index (χ2v) is 4.95. The number of nitrogens with one attached hydrogen (secondary N) is 1. The molecular weight excluding hydrogens is 321 g/mol. The van der Waals surface area contributed by atoms with Crippen molar-refractivity contribution in [3.63, 3.8) is 0 Å². The Labute approximate surface area is 137 Å². The van der Waals surface area contributed by atoms with Crippen molar-refractivity contribution in [2.45, 2.75) is 20.0 Å². The minimum Gasteiger partial charge on any atom is -0.341 e. The fourth-order valence-electron chi connectivity index (χ4n) is 2.10. The lowest BCUT2D eigenvalue weighted by Gasteiger charge is -2.18. The topological polar surface area (TPSA) is 58.1 Å². The van der Waals surface area contributed by atoms with E-state index in [1.165, 1.54) is 24.4 Å². The predicted molar refractivity (Wildman–Crippen MR) is 85.0 cm³/mol. The van der Waals surface area contributed by atoms with Gasteiger partial charge in [-0.25, -0.2) is 9.97 Å². The molecule has 128 valence electrons. The number of carbonyl (C=O) groups is 1. The van der Waals surface area contributed by atoms with Gasteiger partial charge in [0.25, 0.3) is 5.91 Å². The van der Waals surface area contributed by atoms with E-state index in [9.17, 15) is 18.0 Å². The molecule has 0 aliphatic heterocycles. The molecule has 0 aliphatic rings. The van der Waals surface area contributed by atoms with Crippen LogP contribution in [0.25, 0.3) is 0 Å². The van der Waals surface area contributed by atoms with Crippen LogP contribution in [0.2, 0.25) is 0 Å². The van der Waals surface area contributed by atoms with Crippen molar-refractivity contribution in [2.24, 2.45) is 0 Å². The summed E-state index contributed by atoms with van der Waals surface area (Å²) < 4.78 is 38.1. The average molecular weight is 338 g/mol. The number of halogens is 3. The van der Waals surface area contributed by atoms with Gasteiger partial charge >= 0.3 is 6.18 Å². The highest BCUT2D eigenvalue weighted by Crippen LogP contribution is 2.30. The molecule has 1 aromatic carbocycles. The lowest BCUT2D eigenvalue weighted by molar-refractivity contribution is -0.137. The standard InChI is InChI=1S/C16H17F3N4O/c1-3-23(4-2)15-20-9-8-13(22-15)14(24)21-12-7-5-6-11(10-12)16(17,18)19/h5-10H,3-4H2,1-2H3,(H,21,24). The number of hydrogen-bond acceptors (Lipinski definition) is 4. The van der Waals surface area contributed by atoms with Gasteiger partial charge in [-0.2, -0.15) is 13.2 Å². The molecule has 2 rings (SSSR count). The molecule has 0 aliphatic carbocycles. The summed E-state index contributed by atoms with van der Waals surface area (Å²) in [5, 5.41) is 2.43. The molecule has 1 aromatic heterocycles. The van der Waals surface area contributed by atoms with E-state index in [1.807, 2.05) is 18.7 Å². The van der Waals surface area contributed by atoms with Gasteiger partial charge in [-0.3, -0.25) is 4.79 Å². The molecule has 0 unspecified atom stereocenters. The summed E-state index contributed by atoms with van der Waals surface area (Å²) in [5.41, 5.74) is -0.686. The van der Waals surface area contributed by atoms with Gasteiger partial charge in [-0.15, -0.1) is 0 Å². The highest BCUT2D eigenvalue weighted by atomic mass is 19.4. The van der Waals surface area contributed by atoms with Gasteiger partial charge in [0.15, 0.2) is 0 Å². The first-order valence-corrected chi connectivity index (χ1v) is 7.41. The summed E-state index contributed by atoms with van der Waals surface area (Å²) in [6, 6.07) is 5.86. The monoisotopic (exact) mass is 338 g/mol. The largest absolute Gasteiger partial charge is 0.416 e. The van der Waals surface area contributed by atoms with E-state index in [0.717, 1.165) is 12.1 Å². The van der Waals surface area contributed by atoms with Crippen molar-refractivity contribution in [3.8, 4) is 0 Å². The van der Waals surface area contributed by atoms with Crippen molar-refractivity contribution in [3.05, 3.63) is 47.8 Å². The van der Waals surface area contributed by atoms with Crippen LogP contribution in [0.15, 0.2) is 36.5 Å². The molecule has 1 N–H and O–H groups in total. The molecule has 0 radical (unpaired) electrons. The molecule has 24 heavy (non-hydrogen) atoms. The van der Waals surface area contributed by atoms with Crippen LogP contribution in [0.1, 0.15) is 29.9 Å². The Bertz CT molecular complexity index is 714. The summed E-state index contributed by atoms with van der Waals surface area (Å²) in [5.74, 6) is -0.193. The fourth-order valence-corrected chi connectivity index (χ4v) is 2.10. The summed E-state index contributed by atoms with van der Waals surface area (Å²) in [7, 11) is 0. The third-order valence-electron chi connectivity index (χ3n) is 3.37. The van der Waals surface area contributed by atoms with Gasteiger partial charge in [-0.05, 0) is 38.1 Å². The SMILES string of the molecule is CCN(CC)c1nccc(C(=O)Nc2cccc(C(F)(F)F)c2)n1. The molecule has 1 amide bonds. The first kappa shape index (κ1) is 17.7. The van der Waals surface area contributed by atoms with E-state index in [1.54, 1.807) is 0 Å². The Morgan fingerprint density at radius 2 is 1.92 bits per heavy atom. The highest BCUT2D eigenvalue weighted by molar-refractivity contribution is 6.03. The van der Waals surface area contributed by atoms with E-state index >= 15 is 0 Å². The minimum atomic E-state index is -4.47. The molecule has 0 fully saturated rings. The van der Waals surface area contributed by atoms with Crippen molar-refractivity contribution < 1.29 is 18.0 Å². The van der Waals surface area contributed by atoms with Crippen LogP contribution < -0.4 is 10.2 Å². The zero-order valence-electron chi connectivity index (χ0n) is 13.3. The predicted octanol–water partition coefficient (Wildman–Crippen LogP) is 3.59. The first-order valence-electron chi connectivity index (χ1n) is 7.41. The van der Waals surface area contributed by atoms with E-state index in [0.29, 0.717) is 19.0 Å². The van der Waals surface area contributed by atoms with E-state index in [4.69, 9.17) is 0 Å². The Morgan fingerprint density at radius 3 is 2.54 bits per heavy atom.